The molecule has 170 valence electrons. The highest BCUT2D eigenvalue weighted by Gasteiger charge is 2.76. The molecular weight excluding hydrogens is 402 g/mol. The summed E-state index contributed by atoms with van der Waals surface area (Å²) in [6, 6.07) is -0.549. The van der Waals surface area contributed by atoms with E-state index in [9.17, 15) is 19.5 Å². The zero-order valence-corrected chi connectivity index (χ0v) is 19.5. The summed E-state index contributed by atoms with van der Waals surface area (Å²) in [5.41, 5.74) is 0. The molecule has 0 saturated carbocycles. The average Bonchev–Trinajstić information content (AvgIpc) is 3.25. The summed E-state index contributed by atoms with van der Waals surface area (Å²) < 4.78 is -0.889. The monoisotopic (exact) mass is 439 g/mol. The Morgan fingerprint density at radius 3 is 2.63 bits per heavy atom. The molecule has 3 saturated heterocycles. The van der Waals surface area contributed by atoms with Gasteiger partial charge < -0.3 is 20.6 Å². The Hall–Kier alpha value is -1.28. The molecule has 3 aliphatic heterocycles. The lowest BCUT2D eigenvalue weighted by molar-refractivity contribution is -0.140. The number of hydrogen-bond donors (Lipinski definition) is 3. The first kappa shape index (κ1) is 23.4. The number of aliphatic hydroxyl groups is 1. The van der Waals surface area contributed by atoms with Crippen LogP contribution in [0.15, 0.2) is 0 Å². The number of carbonyl (C=O) groups excluding carboxylic acids is 3. The van der Waals surface area contributed by atoms with Crippen LogP contribution in [0.25, 0.3) is 0 Å². The maximum absolute atomic E-state index is 13.6. The highest BCUT2D eigenvalue weighted by molar-refractivity contribution is 8.02. The third-order valence-corrected chi connectivity index (χ3v) is 9.01. The van der Waals surface area contributed by atoms with E-state index >= 15 is 0 Å². The molecule has 3 rings (SSSR count). The molecule has 0 aliphatic carbocycles. The zero-order chi connectivity index (χ0) is 22.1. The Bertz CT molecular complexity index is 689. The fourth-order valence-corrected chi connectivity index (χ4v) is 8.15. The van der Waals surface area contributed by atoms with Crippen molar-refractivity contribution in [1.29, 1.82) is 0 Å². The first-order valence-corrected chi connectivity index (χ1v) is 12.3. The van der Waals surface area contributed by atoms with Gasteiger partial charge in [-0.25, -0.2) is 0 Å². The summed E-state index contributed by atoms with van der Waals surface area (Å²) in [4.78, 5) is 41.8. The van der Waals surface area contributed by atoms with Crippen molar-refractivity contribution in [3.63, 3.8) is 0 Å². The van der Waals surface area contributed by atoms with Crippen molar-refractivity contribution in [2.75, 3.05) is 19.7 Å². The predicted octanol–water partition coefficient (Wildman–Crippen LogP) is 1.68. The van der Waals surface area contributed by atoms with Gasteiger partial charge in [0.2, 0.25) is 17.7 Å². The Labute approximate surface area is 184 Å². The molecule has 8 heteroatoms. The van der Waals surface area contributed by atoms with Crippen molar-refractivity contribution in [2.24, 2.45) is 11.8 Å². The molecule has 3 unspecified atom stereocenters. The standard InChI is InChI=1S/C22H37N3O4S/c1-5-8-14(3)24-19(28)17-22-10-9-21(4,30-22)15(18(27)23-11-6-2)16(22)20(29)25(17)12-7-13-26/h14-17,26H,5-13H2,1-4H3,(H,23,27)(H,24,28)/t14?,15-,16-,17?,21+,22?/m0/s1. The Balaban J connectivity index is 1.95. The fourth-order valence-electron chi connectivity index (χ4n) is 5.79. The zero-order valence-electron chi connectivity index (χ0n) is 18.7. The van der Waals surface area contributed by atoms with Gasteiger partial charge in [0.05, 0.1) is 16.6 Å². The highest BCUT2D eigenvalue weighted by Crippen LogP contribution is 2.71. The van der Waals surface area contributed by atoms with E-state index in [1.165, 1.54) is 0 Å². The van der Waals surface area contributed by atoms with Crippen molar-refractivity contribution in [3.05, 3.63) is 0 Å². The molecule has 3 amide bonds. The quantitative estimate of drug-likeness (QED) is 0.481. The fraction of sp³-hybridized carbons (Fsp3) is 0.864. The second kappa shape index (κ2) is 9.07. The summed E-state index contributed by atoms with van der Waals surface area (Å²) >= 11 is 1.69. The van der Waals surface area contributed by atoms with E-state index in [0.717, 1.165) is 32.1 Å². The lowest BCUT2D eigenvalue weighted by Gasteiger charge is -2.35. The molecule has 3 fully saturated rings. The molecule has 6 atom stereocenters. The van der Waals surface area contributed by atoms with Gasteiger partial charge in [0.15, 0.2) is 0 Å². The molecule has 2 bridgehead atoms. The lowest BCUT2D eigenvalue weighted by Crippen LogP contribution is -2.55. The summed E-state index contributed by atoms with van der Waals surface area (Å²) in [5.74, 6) is -1.17. The minimum absolute atomic E-state index is 0.0344. The summed E-state index contributed by atoms with van der Waals surface area (Å²) in [6.07, 6.45) is 4.71. The first-order chi connectivity index (χ1) is 14.3. The van der Waals surface area contributed by atoms with Crippen LogP contribution in [0.4, 0.5) is 0 Å². The minimum atomic E-state index is -0.586. The third kappa shape index (κ3) is 3.74. The maximum Gasteiger partial charge on any atom is 0.244 e. The highest BCUT2D eigenvalue weighted by atomic mass is 32.2. The number of aliphatic hydroxyl groups excluding tert-OH is 1. The Morgan fingerprint density at radius 1 is 1.27 bits per heavy atom. The van der Waals surface area contributed by atoms with Crippen LogP contribution in [-0.2, 0) is 14.4 Å². The van der Waals surface area contributed by atoms with Crippen molar-refractivity contribution in [3.8, 4) is 0 Å². The van der Waals surface area contributed by atoms with E-state index in [4.69, 9.17) is 0 Å². The van der Waals surface area contributed by atoms with Crippen LogP contribution in [0.5, 0.6) is 0 Å². The van der Waals surface area contributed by atoms with E-state index in [1.54, 1.807) is 16.7 Å². The number of hydrogen-bond acceptors (Lipinski definition) is 5. The van der Waals surface area contributed by atoms with Gasteiger partial charge in [0.1, 0.15) is 6.04 Å². The lowest BCUT2D eigenvalue weighted by atomic mass is 9.66. The smallest absolute Gasteiger partial charge is 0.244 e. The number of likely N-dealkylation sites (tertiary alicyclic amines) is 1. The van der Waals surface area contributed by atoms with Gasteiger partial charge in [-0.05, 0) is 46.0 Å². The summed E-state index contributed by atoms with van der Waals surface area (Å²) in [6.45, 7) is 9.07. The molecule has 3 N–H and O–H groups in total. The number of amides is 3. The van der Waals surface area contributed by atoms with Crippen LogP contribution in [0, 0.1) is 11.8 Å². The van der Waals surface area contributed by atoms with Gasteiger partial charge in [-0.1, -0.05) is 20.3 Å². The molecular formula is C22H37N3O4S. The van der Waals surface area contributed by atoms with Crippen LogP contribution < -0.4 is 10.6 Å². The Kier molecular flexibility index (Phi) is 7.07. The second-order valence-electron chi connectivity index (χ2n) is 9.33. The molecule has 0 radical (unpaired) electrons. The van der Waals surface area contributed by atoms with Gasteiger partial charge in [-0.3, -0.25) is 14.4 Å². The first-order valence-electron chi connectivity index (χ1n) is 11.4. The maximum atomic E-state index is 13.6. The van der Waals surface area contributed by atoms with E-state index < -0.39 is 22.6 Å². The van der Waals surface area contributed by atoms with Crippen molar-refractivity contribution < 1.29 is 19.5 Å². The van der Waals surface area contributed by atoms with Crippen LogP contribution in [0.1, 0.15) is 66.2 Å². The van der Waals surface area contributed by atoms with Crippen LogP contribution in [0.2, 0.25) is 0 Å². The number of fused-ring (bicyclic) bond motifs is 1. The van der Waals surface area contributed by atoms with Gasteiger partial charge >= 0.3 is 0 Å². The summed E-state index contributed by atoms with van der Waals surface area (Å²) in [7, 11) is 0. The second-order valence-corrected chi connectivity index (χ2v) is 11.2. The number of nitrogens with one attached hydrogen (secondary N) is 2. The van der Waals surface area contributed by atoms with E-state index in [2.05, 4.69) is 24.5 Å². The molecule has 30 heavy (non-hydrogen) atoms. The van der Waals surface area contributed by atoms with Crippen LogP contribution >= 0.6 is 11.8 Å². The van der Waals surface area contributed by atoms with E-state index in [-0.39, 0.29) is 35.1 Å². The molecule has 7 nitrogen and oxygen atoms in total. The molecule has 0 aromatic heterocycles. The van der Waals surface area contributed by atoms with Gasteiger partial charge in [-0.15, -0.1) is 11.8 Å². The van der Waals surface area contributed by atoms with Crippen LogP contribution in [-0.4, -0.2) is 69.0 Å². The van der Waals surface area contributed by atoms with E-state index in [0.29, 0.717) is 19.5 Å². The normalized spacial score (nSPS) is 35.4. The largest absolute Gasteiger partial charge is 0.396 e. The van der Waals surface area contributed by atoms with E-state index in [1.807, 2.05) is 13.8 Å². The van der Waals surface area contributed by atoms with Crippen molar-refractivity contribution >= 4 is 29.5 Å². The number of rotatable bonds is 10. The van der Waals surface area contributed by atoms with Gasteiger partial charge in [0.25, 0.3) is 0 Å². The van der Waals surface area contributed by atoms with Crippen molar-refractivity contribution in [2.45, 2.75) is 87.8 Å². The number of carbonyl (C=O) groups is 3. The predicted molar refractivity (Wildman–Crippen MR) is 118 cm³/mol. The SMILES string of the molecule is CCCNC(=O)[C@@H]1[C@H]2C(=O)N(CCCO)C(C(=O)NC(C)CCC)C23CC[C@@]1(C)S3. The number of thioether (sulfide) groups is 1. The summed E-state index contributed by atoms with van der Waals surface area (Å²) in [5, 5.41) is 15.5. The molecule has 3 aliphatic rings. The average molecular weight is 440 g/mol. The topological polar surface area (TPSA) is 98.7 Å². The van der Waals surface area contributed by atoms with Crippen LogP contribution in [0.3, 0.4) is 0 Å². The Morgan fingerprint density at radius 2 is 2.00 bits per heavy atom. The van der Waals surface area contributed by atoms with Crippen molar-refractivity contribution in [1.82, 2.24) is 15.5 Å². The third-order valence-electron chi connectivity index (χ3n) is 7.02. The van der Waals surface area contributed by atoms with Gasteiger partial charge in [0, 0.05) is 30.5 Å². The van der Waals surface area contributed by atoms with Gasteiger partial charge in [-0.2, -0.15) is 0 Å². The molecule has 0 aromatic carbocycles. The minimum Gasteiger partial charge on any atom is -0.396 e. The number of nitrogens with zero attached hydrogens (tertiary/aromatic N) is 1. The molecule has 1 spiro atoms. The molecule has 0 aromatic rings. The molecule has 3 heterocycles.